The minimum atomic E-state index is -0.216. The van der Waals surface area contributed by atoms with Gasteiger partial charge in [-0.3, -0.25) is 15.1 Å². The molecule has 0 saturated carbocycles. The maximum absolute atomic E-state index is 11.8. The van der Waals surface area contributed by atoms with Gasteiger partial charge in [0.2, 0.25) is 0 Å². The van der Waals surface area contributed by atoms with E-state index in [4.69, 9.17) is 5.84 Å². The predicted octanol–water partition coefficient (Wildman–Crippen LogP) is 2.16. The zero-order valence-electron chi connectivity index (χ0n) is 12.6. The number of hydrogen-bond donors (Lipinski definition) is 2. The van der Waals surface area contributed by atoms with Crippen LogP contribution < -0.4 is 11.3 Å². The summed E-state index contributed by atoms with van der Waals surface area (Å²) in [6.07, 6.45) is 1.28. The van der Waals surface area contributed by atoms with Crippen LogP contribution in [0.4, 0.5) is 0 Å². The van der Waals surface area contributed by atoms with Crippen molar-refractivity contribution in [3.63, 3.8) is 0 Å². The first-order valence-corrected chi connectivity index (χ1v) is 7.35. The van der Waals surface area contributed by atoms with Crippen molar-refractivity contribution in [3.05, 3.63) is 35.4 Å². The SMILES string of the molecule is CC1CC(C)C(C)N(Cc2ccccc2C(=O)NN)C1. The molecule has 1 heterocycles. The van der Waals surface area contributed by atoms with Gasteiger partial charge in [0.1, 0.15) is 0 Å². The van der Waals surface area contributed by atoms with Gasteiger partial charge in [-0.2, -0.15) is 0 Å². The first-order valence-electron chi connectivity index (χ1n) is 7.35. The second-order valence-corrected chi connectivity index (χ2v) is 6.12. The maximum Gasteiger partial charge on any atom is 0.265 e. The van der Waals surface area contributed by atoms with E-state index in [9.17, 15) is 4.79 Å². The summed E-state index contributed by atoms with van der Waals surface area (Å²) < 4.78 is 0. The lowest BCUT2D eigenvalue weighted by atomic mass is 9.85. The van der Waals surface area contributed by atoms with E-state index in [1.165, 1.54) is 6.42 Å². The smallest absolute Gasteiger partial charge is 0.265 e. The Kier molecular flexibility index (Phi) is 4.78. The van der Waals surface area contributed by atoms with Crippen molar-refractivity contribution in [2.75, 3.05) is 6.54 Å². The van der Waals surface area contributed by atoms with E-state index in [1.54, 1.807) is 0 Å². The normalized spacial score (nSPS) is 27.3. The summed E-state index contributed by atoms with van der Waals surface area (Å²) in [5.74, 6) is 6.44. The van der Waals surface area contributed by atoms with E-state index in [0.29, 0.717) is 23.4 Å². The number of nitrogens with two attached hydrogens (primary N) is 1. The van der Waals surface area contributed by atoms with Gasteiger partial charge >= 0.3 is 0 Å². The van der Waals surface area contributed by atoms with Crippen molar-refractivity contribution in [2.24, 2.45) is 17.7 Å². The monoisotopic (exact) mass is 275 g/mol. The molecule has 1 aromatic carbocycles. The Hall–Kier alpha value is -1.39. The summed E-state index contributed by atoms with van der Waals surface area (Å²) in [6.45, 7) is 8.78. The zero-order chi connectivity index (χ0) is 14.7. The second kappa shape index (κ2) is 6.37. The van der Waals surface area contributed by atoms with Gasteiger partial charge in [0.15, 0.2) is 0 Å². The van der Waals surface area contributed by atoms with Crippen LogP contribution in [0, 0.1) is 11.8 Å². The largest absolute Gasteiger partial charge is 0.296 e. The number of hydrazine groups is 1. The molecule has 1 amide bonds. The Balaban J connectivity index is 2.19. The molecule has 1 saturated heterocycles. The van der Waals surface area contributed by atoms with Gasteiger partial charge < -0.3 is 0 Å². The van der Waals surface area contributed by atoms with Crippen molar-refractivity contribution in [1.82, 2.24) is 10.3 Å². The van der Waals surface area contributed by atoms with E-state index in [0.717, 1.165) is 18.7 Å². The molecule has 0 aromatic heterocycles. The molecule has 1 aliphatic rings. The molecule has 4 nitrogen and oxygen atoms in total. The first-order chi connectivity index (χ1) is 9.52. The molecule has 0 spiro atoms. The van der Waals surface area contributed by atoms with Crippen LogP contribution in [0.15, 0.2) is 24.3 Å². The molecule has 3 atom stereocenters. The molecule has 20 heavy (non-hydrogen) atoms. The zero-order valence-corrected chi connectivity index (χ0v) is 12.6. The third-order valence-corrected chi connectivity index (χ3v) is 4.49. The molecule has 3 N–H and O–H groups in total. The second-order valence-electron chi connectivity index (χ2n) is 6.12. The molecule has 110 valence electrons. The number of rotatable bonds is 3. The minimum absolute atomic E-state index is 0.216. The number of likely N-dealkylation sites (tertiary alicyclic amines) is 1. The number of amides is 1. The lowest BCUT2D eigenvalue weighted by molar-refractivity contribution is 0.0723. The van der Waals surface area contributed by atoms with Crippen LogP contribution >= 0.6 is 0 Å². The van der Waals surface area contributed by atoms with Gasteiger partial charge in [-0.25, -0.2) is 5.84 Å². The summed E-state index contributed by atoms with van der Waals surface area (Å²) in [5, 5.41) is 0. The summed E-state index contributed by atoms with van der Waals surface area (Å²) in [4.78, 5) is 14.3. The maximum atomic E-state index is 11.8. The number of nitrogens with zero attached hydrogens (tertiary/aromatic N) is 1. The highest BCUT2D eigenvalue weighted by atomic mass is 16.2. The molecule has 2 rings (SSSR count). The van der Waals surface area contributed by atoms with Crippen molar-refractivity contribution in [2.45, 2.75) is 39.8 Å². The number of nitrogens with one attached hydrogen (secondary N) is 1. The highest BCUT2D eigenvalue weighted by Crippen LogP contribution is 2.28. The average molecular weight is 275 g/mol. The highest BCUT2D eigenvalue weighted by Gasteiger charge is 2.29. The summed E-state index contributed by atoms with van der Waals surface area (Å²) >= 11 is 0. The van der Waals surface area contributed by atoms with E-state index in [1.807, 2.05) is 24.3 Å². The fourth-order valence-electron chi connectivity index (χ4n) is 3.22. The Morgan fingerprint density at radius 1 is 1.35 bits per heavy atom. The van der Waals surface area contributed by atoms with E-state index < -0.39 is 0 Å². The molecule has 3 unspecified atom stereocenters. The van der Waals surface area contributed by atoms with Gasteiger partial charge in [0.05, 0.1) is 0 Å². The minimum Gasteiger partial charge on any atom is -0.296 e. The van der Waals surface area contributed by atoms with Crippen LogP contribution in [-0.4, -0.2) is 23.4 Å². The molecule has 4 heteroatoms. The Labute approximate surface area is 121 Å². The fourth-order valence-corrected chi connectivity index (χ4v) is 3.22. The van der Waals surface area contributed by atoms with Crippen LogP contribution in [0.3, 0.4) is 0 Å². The molecular weight excluding hydrogens is 250 g/mol. The Morgan fingerprint density at radius 2 is 2.05 bits per heavy atom. The highest BCUT2D eigenvalue weighted by molar-refractivity contribution is 5.95. The molecule has 1 fully saturated rings. The summed E-state index contributed by atoms with van der Waals surface area (Å²) in [6, 6.07) is 8.24. The summed E-state index contributed by atoms with van der Waals surface area (Å²) in [7, 11) is 0. The van der Waals surface area contributed by atoms with Gasteiger partial charge in [-0.15, -0.1) is 0 Å². The van der Waals surface area contributed by atoms with Crippen LogP contribution in [-0.2, 0) is 6.54 Å². The molecule has 1 aromatic rings. The predicted molar refractivity (Wildman–Crippen MR) is 80.9 cm³/mol. The molecule has 0 aliphatic carbocycles. The molecule has 0 bridgehead atoms. The fraction of sp³-hybridized carbons (Fsp3) is 0.562. The molecule has 1 aliphatic heterocycles. The van der Waals surface area contributed by atoms with Gasteiger partial charge in [-0.05, 0) is 36.8 Å². The van der Waals surface area contributed by atoms with E-state index in [2.05, 4.69) is 31.1 Å². The number of benzene rings is 1. The topological polar surface area (TPSA) is 58.4 Å². The first kappa shape index (κ1) is 15.0. The van der Waals surface area contributed by atoms with Crippen molar-refractivity contribution in [1.29, 1.82) is 0 Å². The number of carbonyl (C=O) groups excluding carboxylic acids is 1. The Bertz CT molecular complexity index is 475. The Morgan fingerprint density at radius 3 is 2.75 bits per heavy atom. The lowest BCUT2D eigenvalue weighted by Crippen LogP contribution is -2.45. The molecular formula is C16H25N3O. The van der Waals surface area contributed by atoms with Crippen molar-refractivity contribution in [3.8, 4) is 0 Å². The van der Waals surface area contributed by atoms with Crippen molar-refractivity contribution < 1.29 is 4.79 Å². The van der Waals surface area contributed by atoms with Crippen LogP contribution in [0.2, 0.25) is 0 Å². The standard InChI is InChI=1S/C16H25N3O/c1-11-8-12(2)13(3)19(9-11)10-14-6-4-5-7-15(14)16(20)18-17/h4-7,11-13H,8-10,17H2,1-3H3,(H,18,20). The number of piperidine rings is 1. The number of carbonyl (C=O) groups is 1. The van der Waals surface area contributed by atoms with Crippen molar-refractivity contribution >= 4 is 5.91 Å². The van der Waals surface area contributed by atoms with Crippen LogP contribution in [0.1, 0.15) is 43.1 Å². The van der Waals surface area contributed by atoms with Gasteiger partial charge in [-0.1, -0.05) is 32.0 Å². The van der Waals surface area contributed by atoms with Gasteiger partial charge in [0, 0.05) is 24.7 Å². The van der Waals surface area contributed by atoms with Crippen LogP contribution in [0.25, 0.3) is 0 Å². The third kappa shape index (κ3) is 3.19. The van der Waals surface area contributed by atoms with E-state index in [-0.39, 0.29) is 5.91 Å². The number of nitrogen functional groups attached to an aromatic ring is 1. The average Bonchev–Trinajstić information content (AvgIpc) is 2.44. The number of hydrogen-bond acceptors (Lipinski definition) is 3. The summed E-state index contributed by atoms with van der Waals surface area (Å²) in [5.41, 5.74) is 3.95. The molecule has 0 radical (unpaired) electrons. The third-order valence-electron chi connectivity index (χ3n) is 4.49. The van der Waals surface area contributed by atoms with Crippen LogP contribution in [0.5, 0.6) is 0 Å². The lowest BCUT2D eigenvalue weighted by Gasteiger charge is -2.41. The van der Waals surface area contributed by atoms with E-state index >= 15 is 0 Å². The van der Waals surface area contributed by atoms with Gasteiger partial charge in [0.25, 0.3) is 5.91 Å². The quantitative estimate of drug-likeness (QED) is 0.505.